The van der Waals surface area contributed by atoms with E-state index in [1.165, 1.54) is 6.07 Å². The molecule has 0 spiro atoms. The third-order valence-corrected chi connectivity index (χ3v) is 4.13. The maximum Gasteiger partial charge on any atom is 0.245 e. The Kier molecular flexibility index (Phi) is 3.57. The molecule has 0 aliphatic carbocycles. The fraction of sp³-hybridized carbons (Fsp3) is 0.167. The van der Waals surface area contributed by atoms with Gasteiger partial charge in [-0.05, 0) is 24.3 Å². The van der Waals surface area contributed by atoms with E-state index in [0.29, 0.717) is 42.3 Å². The van der Waals surface area contributed by atoms with E-state index in [0.717, 1.165) is 17.7 Å². The van der Waals surface area contributed by atoms with Gasteiger partial charge in [0.2, 0.25) is 5.89 Å². The summed E-state index contributed by atoms with van der Waals surface area (Å²) in [6.45, 7) is 1.21. The highest BCUT2D eigenvalue weighted by Gasteiger charge is 2.25. The largest absolute Gasteiger partial charge is 0.439 e. The van der Waals surface area contributed by atoms with Crippen LogP contribution >= 0.6 is 0 Å². The van der Waals surface area contributed by atoms with Gasteiger partial charge in [0.15, 0.2) is 0 Å². The number of pyridine rings is 1. The van der Waals surface area contributed by atoms with Crippen LogP contribution in [0.4, 0.5) is 10.1 Å². The smallest absolute Gasteiger partial charge is 0.245 e. The Bertz CT molecular complexity index is 891. The van der Waals surface area contributed by atoms with Gasteiger partial charge in [0, 0.05) is 31.1 Å². The quantitative estimate of drug-likeness (QED) is 0.750. The van der Waals surface area contributed by atoms with Gasteiger partial charge in [0.05, 0.1) is 12.1 Å². The Morgan fingerprint density at radius 1 is 1.21 bits per heavy atom. The summed E-state index contributed by atoms with van der Waals surface area (Å²) in [7, 11) is 0. The van der Waals surface area contributed by atoms with Crippen molar-refractivity contribution in [3.8, 4) is 11.6 Å². The number of hydrogen-bond donors (Lipinski definition) is 1. The Hall–Kier alpha value is -3.02. The average Bonchev–Trinajstić information content (AvgIpc) is 3.05. The SMILES string of the molecule is N=Cc1c(F)cccc1N1CCc2oc(-c3ccccn3)nc2C1. The number of fused-ring (bicyclic) bond motifs is 1. The first-order valence-electron chi connectivity index (χ1n) is 7.70. The summed E-state index contributed by atoms with van der Waals surface area (Å²) in [5.41, 5.74) is 2.54. The van der Waals surface area contributed by atoms with E-state index in [1.54, 1.807) is 12.3 Å². The molecule has 0 unspecified atom stereocenters. The summed E-state index contributed by atoms with van der Waals surface area (Å²) in [6, 6.07) is 10.4. The highest BCUT2D eigenvalue weighted by Crippen LogP contribution is 2.30. The number of oxazole rings is 1. The molecule has 1 aliphatic rings. The first-order chi connectivity index (χ1) is 11.8. The van der Waals surface area contributed by atoms with Gasteiger partial charge in [-0.15, -0.1) is 0 Å². The molecule has 0 saturated heterocycles. The van der Waals surface area contributed by atoms with E-state index in [-0.39, 0.29) is 5.82 Å². The van der Waals surface area contributed by atoms with Gasteiger partial charge in [0.1, 0.15) is 23.0 Å². The molecule has 0 bridgehead atoms. The van der Waals surface area contributed by atoms with E-state index >= 15 is 0 Å². The summed E-state index contributed by atoms with van der Waals surface area (Å²) >= 11 is 0. The molecule has 3 aromatic rings. The van der Waals surface area contributed by atoms with Crippen LogP contribution in [0.25, 0.3) is 11.6 Å². The maximum absolute atomic E-state index is 13.9. The minimum absolute atomic E-state index is 0.300. The second-order valence-electron chi connectivity index (χ2n) is 5.59. The zero-order valence-electron chi connectivity index (χ0n) is 12.9. The highest BCUT2D eigenvalue weighted by atomic mass is 19.1. The van der Waals surface area contributed by atoms with Gasteiger partial charge in [-0.1, -0.05) is 12.1 Å². The molecule has 24 heavy (non-hydrogen) atoms. The van der Waals surface area contributed by atoms with E-state index < -0.39 is 0 Å². The lowest BCUT2D eigenvalue weighted by Gasteiger charge is -2.28. The van der Waals surface area contributed by atoms with Crippen LogP contribution in [0.5, 0.6) is 0 Å². The molecule has 1 aliphatic heterocycles. The van der Waals surface area contributed by atoms with Crippen LogP contribution < -0.4 is 4.90 Å². The third kappa shape index (κ3) is 2.46. The molecule has 1 N–H and O–H groups in total. The van der Waals surface area contributed by atoms with Crippen LogP contribution in [0.15, 0.2) is 47.0 Å². The zero-order valence-corrected chi connectivity index (χ0v) is 12.9. The van der Waals surface area contributed by atoms with Crippen LogP contribution in [-0.2, 0) is 13.0 Å². The maximum atomic E-state index is 13.9. The first-order valence-corrected chi connectivity index (χ1v) is 7.70. The number of hydrogen-bond acceptors (Lipinski definition) is 5. The molecule has 2 aromatic heterocycles. The minimum Gasteiger partial charge on any atom is -0.439 e. The van der Waals surface area contributed by atoms with Gasteiger partial charge in [-0.2, -0.15) is 0 Å². The van der Waals surface area contributed by atoms with Crippen molar-refractivity contribution < 1.29 is 8.81 Å². The van der Waals surface area contributed by atoms with Gasteiger partial charge >= 0.3 is 0 Å². The van der Waals surface area contributed by atoms with Crippen molar-refractivity contribution in [2.24, 2.45) is 0 Å². The highest BCUT2D eigenvalue weighted by molar-refractivity contribution is 5.86. The summed E-state index contributed by atoms with van der Waals surface area (Å²) in [5.74, 6) is 0.969. The van der Waals surface area contributed by atoms with Crippen LogP contribution in [0, 0.1) is 11.2 Å². The van der Waals surface area contributed by atoms with Crippen molar-refractivity contribution in [3.05, 3.63) is 65.4 Å². The van der Waals surface area contributed by atoms with Gasteiger partial charge in [0.25, 0.3) is 0 Å². The summed E-state index contributed by atoms with van der Waals surface area (Å²) in [5, 5.41) is 7.47. The molecule has 1 aromatic carbocycles. The van der Waals surface area contributed by atoms with E-state index in [4.69, 9.17) is 9.83 Å². The van der Waals surface area contributed by atoms with E-state index in [2.05, 4.69) is 9.97 Å². The summed E-state index contributed by atoms with van der Waals surface area (Å²) < 4.78 is 19.7. The van der Waals surface area contributed by atoms with E-state index in [9.17, 15) is 4.39 Å². The number of rotatable bonds is 3. The molecule has 3 heterocycles. The third-order valence-electron chi connectivity index (χ3n) is 4.13. The summed E-state index contributed by atoms with van der Waals surface area (Å²) in [6.07, 6.45) is 3.44. The second-order valence-corrected chi connectivity index (χ2v) is 5.59. The lowest BCUT2D eigenvalue weighted by molar-refractivity contribution is 0.498. The van der Waals surface area contributed by atoms with Gasteiger partial charge in [-0.25, -0.2) is 9.37 Å². The monoisotopic (exact) mass is 322 g/mol. The van der Waals surface area contributed by atoms with Crippen molar-refractivity contribution in [2.75, 3.05) is 11.4 Å². The average molecular weight is 322 g/mol. The Labute approximate surface area is 138 Å². The first kappa shape index (κ1) is 14.6. The van der Waals surface area contributed by atoms with Crippen molar-refractivity contribution in [1.29, 1.82) is 5.41 Å². The Morgan fingerprint density at radius 2 is 2.12 bits per heavy atom. The number of aromatic nitrogens is 2. The molecule has 0 radical (unpaired) electrons. The molecule has 0 fully saturated rings. The number of benzene rings is 1. The number of halogens is 1. The van der Waals surface area contributed by atoms with Crippen molar-refractivity contribution >= 4 is 11.9 Å². The zero-order chi connectivity index (χ0) is 16.5. The fourth-order valence-electron chi connectivity index (χ4n) is 2.95. The topological polar surface area (TPSA) is 66.0 Å². The van der Waals surface area contributed by atoms with Crippen molar-refractivity contribution in [1.82, 2.24) is 9.97 Å². The molecule has 0 saturated carbocycles. The Balaban J connectivity index is 1.66. The molecule has 0 atom stereocenters. The molecular weight excluding hydrogens is 307 g/mol. The van der Waals surface area contributed by atoms with Crippen LogP contribution in [0.2, 0.25) is 0 Å². The van der Waals surface area contributed by atoms with Crippen LogP contribution in [-0.4, -0.2) is 22.7 Å². The second kappa shape index (κ2) is 5.88. The molecule has 4 rings (SSSR count). The van der Waals surface area contributed by atoms with Crippen LogP contribution in [0.3, 0.4) is 0 Å². The predicted molar refractivity (Wildman–Crippen MR) is 88.8 cm³/mol. The molecule has 0 amide bonds. The molecular formula is C18H15FN4O. The number of nitrogens with zero attached hydrogens (tertiary/aromatic N) is 3. The van der Waals surface area contributed by atoms with Crippen molar-refractivity contribution in [2.45, 2.75) is 13.0 Å². The van der Waals surface area contributed by atoms with Gasteiger partial charge < -0.3 is 14.7 Å². The normalized spacial score (nSPS) is 13.6. The predicted octanol–water partition coefficient (Wildman–Crippen LogP) is 3.44. The lowest BCUT2D eigenvalue weighted by atomic mass is 10.1. The fourth-order valence-corrected chi connectivity index (χ4v) is 2.95. The Morgan fingerprint density at radius 3 is 2.92 bits per heavy atom. The molecule has 6 heteroatoms. The molecule has 120 valence electrons. The minimum atomic E-state index is -0.386. The van der Waals surface area contributed by atoms with Gasteiger partial charge in [-0.3, -0.25) is 4.98 Å². The number of anilines is 1. The standard InChI is InChI=1S/C18H15FN4O/c19-13-4-3-6-16(12(13)10-20)23-9-7-17-15(11-23)22-18(24-17)14-5-1-2-8-21-14/h1-6,8,10,20H,7,9,11H2. The van der Waals surface area contributed by atoms with Crippen molar-refractivity contribution in [3.63, 3.8) is 0 Å². The van der Waals surface area contributed by atoms with E-state index in [1.807, 2.05) is 29.2 Å². The summed E-state index contributed by atoms with van der Waals surface area (Å²) in [4.78, 5) is 10.8. The number of nitrogens with one attached hydrogen (secondary N) is 1. The lowest BCUT2D eigenvalue weighted by Crippen LogP contribution is -2.31. The molecule has 5 nitrogen and oxygen atoms in total. The van der Waals surface area contributed by atoms with Crippen LogP contribution in [0.1, 0.15) is 17.0 Å².